The minimum Gasteiger partial charge on any atom is -0.481 e. The molecule has 2 fully saturated rings. The lowest BCUT2D eigenvalue weighted by atomic mass is 9.80. The highest BCUT2D eigenvalue weighted by molar-refractivity contribution is 6.35. The molecule has 5 rings (SSSR count). The van der Waals surface area contributed by atoms with Crippen LogP contribution in [0.2, 0.25) is 10.0 Å². The Morgan fingerprint density at radius 3 is 2.77 bits per heavy atom. The van der Waals surface area contributed by atoms with Gasteiger partial charge in [-0.3, -0.25) is 4.79 Å². The highest BCUT2D eigenvalue weighted by Gasteiger charge is 2.36. The first-order chi connectivity index (χ1) is 16.8. The first-order valence-electron chi connectivity index (χ1n) is 12.2. The molecule has 35 heavy (non-hydrogen) atoms. The first kappa shape index (κ1) is 24.3. The maximum absolute atomic E-state index is 10.9. The van der Waals surface area contributed by atoms with Gasteiger partial charge in [-0.15, -0.1) is 0 Å². The number of halogens is 2. The van der Waals surface area contributed by atoms with Crippen LogP contribution < -0.4 is 4.90 Å². The molecule has 0 radical (unpaired) electrons. The van der Waals surface area contributed by atoms with E-state index in [-0.39, 0.29) is 12.5 Å². The lowest BCUT2D eigenvalue weighted by molar-refractivity contribution is -0.137. The van der Waals surface area contributed by atoms with Gasteiger partial charge in [0.2, 0.25) is 0 Å². The molecule has 0 spiro atoms. The van der Waals surface area contributed by atoms with E-state index >= 15 is 0 Å². The van der Waals surface area contributed by atoms with Gasteiger partial charge in [0.05, 0.1) is 24.4 Å². The first-order valence-corrected chi connectivity index (χ1v) is 12.9. The molecular formula is C25H30Cl2N6O2. The smallest absolute Gasteiger partial charge is 0.304 e. The van der Waals surface area contributed by atoms with E-state index < -0.39 is 5.97 Å². The Hall–Kier alpha value is -2.42. The third kappa shape index (κ3) is 4.97. The summed E-state index contributed by atoms with van der Waals surface area (Å²) >= 11 is 12.6. The Morgan fingerprint density at radius 1 is 1.23 bits per heavy atom. The lowest BCUT2D eigenvalue weighted by Gasteiger charge is -2.47. The standard InChI is InChI=1S/C25H30Cl2N6O2/c1-15-24-25(33(30-15)16(2)20-6-5-19(26)10-21(20)27)29-22(11-28-24)32-13-18(14-32)17-4-3-8-31(12-17)9-7-23(34)35/h5-6,10-11,16-18H,3-4,7-9,12-14H2,1-2H3,(H,34,35)/t16-,17+/m1/s1. The quantitative estimate of drug-likeness (QED) is 0.487. The molecular weight excluding hydrogens is 487 g/mol. The van der Waals surface area contributed by atoms with E-state index in [0.29, 0.717) is 28.4 Å². The predicted molar refractivity (Wildman–Crippen MR) is 137 cm³/mol. The fourth-order valence-corrected chi connectivity index (χ4v) is 5.93. The van der Waals surface area contributed by atoms with E-state index in [4.69, 9.17) is 43.4 Å². The largest absolute Gasteiger partial charge is 0.481 e. The third-order valence-electron chi connectivity index (χ3n) is 7.42. The monoisotopic (exact) mass is 516 g/mol. The van der Waals surface area contributed by atoms with Crippen molar-refractivity contribution >= 4 is 46.2 Å². The van der Waals surface area contributed by atoms with E-state index in [2.05, 4.69) is 9.80 Å². The zero-order valence-electron chi connectivity index (χ0n) is 20.0. The maximum Gasteiger partial charge on any atom is 0.304 e. The van der Waals surface area contributed by atoms with Crippen molar-refractivity contribution in [3.05, 3.63) is 45.7 Å². The van der Waals surface area contributed by atoms with Crippen LogP contribution in [0.25, 0.3) is 11.2 Å². The van der Waals surface area contributed by atoms with Crippen molar-refractivity contribution in [1.82, 2.24) is 24.6 Å². The average molecular weight is 517 g/mol. The van der Waals surface area contributed by atoms with Crippen LogP contribution in [0.5, 0.6) is 0 Å². The average Bonchev–Trinajstić information content (AvgIpc) is 3.12. The number of carbonyl (C=O) groups is 1. The van der Waals surface area contributed by atoms with Crippen LogP contribution in [0.1, 0.15) is 43.5 Å². The van der Waals surface area contributed by atoms with Crippen molar-refractivity contribution in [3.8, 4) is 0 Å². The molecule has 186 valence electrons. The van der Waals surface area contributed by atoms with Gasteiger partial charge in [0.1, 0.15) is 11.3 Å². The zero-order valence-corrected chi connectivity index (χ0v) is 21.5. The van der Waals surface area contributed by atoms with E-state index in [1.54, 1.807) is 6.07 Å². The molecule has 2 atom stereocenters. The number of anilines is 1. The van der Waals surface area contributed by atoms with E-state index in [9.17, 15) is 4.79 Å². The van der Waals surface area contributed by atoms with Gasteiger partial charge in [0.25, 0.3) is 0 Å². The van der Waals surface area contributed by atoms with Crippen LogP contribution in [0, 0.1) is 18.8 Å². The number of nitrogens with zero attached hydrogens (tertiary/aromatic N) is 6. The topological polar surface area (TPSA) is 87.4 Å². The summed E-state index contributed by atoms with van der Waals surface area (Å²) < 4.78 is 1.90. The molecule has 10 heteroatoms. The number of aliphatic carboxylic acids is 1. The van der Waals surface area contributed by atoms with Crippen molar-refractivity contribution in [1.29, 1.82) is 0 Å². The number of piperidine rings is 1. The highest BCUT2D eigenvalue weighted by Crippen LogP contribution is 2.35. The van der Waals surface area contributed by atoms with E-state index in [1.807, 2.05) is 36.9 Å². The molecule has 0 amide bonds. The molecule has 0 aliphatic carbocycles. The fourth-order valence-electron chi connectivity index (χ4n) is 5.37. The number of aromatic nitrogens is 4. The number of benzene rings is 1. The van der Waals surface area contributed by atoms with Crippen LogP contribution in [0.4, 0.5) is 5.82 Å². The molecule has 0 unspecified atom stereocenters. The summed E-state index contributed by atoms with van der Waals surface area (Å²) in [5, 5.41) is 14.9. The molecule has 3 aromatic rings. The number of likely N-dealkylation sites (tertiary alicyclic amines) is 1. The van der Waals surface area contributed by atoms with Gasteiger partial charge in [0.15, 0.2) is 5.65 Å². The van der Waals surface area contributed by atoms with Gasteiger partial charge in [-0.1, -0.05) is 29.3 Å². The zero-order chi connectivity index (χ0) is 24.7. The second-order valence-electron chi connectivity index (χ2n) is 9.78. The number of fused-ring (bicyclic) bond motifs is 1. The Balaban J connectivity index is 1.30. The third-order valence-corrected chi connectivity index (χ3v) is 7.98. The van der Waals surface area contributed by atoms with Crippen LogP contribution in [-0.2, 0) is 4.79 Å². The van der Waals surface area contributed by atoms with E-state index in [0.717, 1.165) is 60.8 Å². The Labute approximate surface area is 214 Å². The maximum atomic E-state index is 10.9. The van der Waals surface area contributed by atoms with Crippen molar-refractivity contribution in [2.75, 3.05) is 37.6 Å². The Morgan fingerprint density at radius 2 is 2.03 bits per heavy atom. The summed E-state index contributed by atoms with van der Waals surface area (Å²) in [5.41, 5.74) is 3.31. The summed E-state index contributed by atoms with van der Waals surface area (Å²) in [4.78, 5) is 25.2. The number of carboxylic acid groups (broad SMARTS) is 1. The summed E-state index contributed by atoms with van der Waals surface area (Å²) in [6, 6.07) is 5.39. The summed E-state index contributed by atoms with van der Waals surface area (Å²) in [7, 11) is 0. The minimum absolute atomic E-state index is 0.122. The molecule has 2 aliphatic heterocycles. The number of hydrogen-bond donors (Lipinski definition) is 1. The summed E-state index contributed by atoms with van der Waals surface area (Å²) in [6.07, 6.45) is 4.40. The molecule has 2 aliphatic rings. The molecule has 2 aromatic heterocycles. The molecule has 8 nitrogen and oxygen atoms in total. The van der Waals surface area contributed by atoms with Crippen LogP contribution in [0.3, 0.4) is 0 Å². The Kier molecular flexibility index (Phi) is 6.88. The van der Waals surface area contributed by atoms with Gasteiger partial charge < -0.3 is 14.9 Å². The minimum atomic E-state index is -0.724. The van der Waals surface area contributed by atoms with Crippen molar-refractivity contribution in [2.24, 2.45) is 11.8 Å². The summed E-state index contributed by atoms with van der Waals surface area (Å²) in [5.74, 6) is 1.34. The van der Waals surface area contributed by atoms with Gasteiger partial charge in [-0.05, 0) is 62.8 Å². The molecule has 1 N–H and O–H groups in total. The normalized spacial score (nSPS) is 20.2. The molecule has 2 saturated heterocycles. The second kappa shape index (κ2) is 9.91. The van der Waals surface area contributed by atoms with Crippen LogP contribution in [0.15, 0.2) is 24.4 Å². The number of rotatable bonds is 7. The predicted octanol–water partition coefficient (Wildman–Crippen LogP) is 4.67. The van der Waals surface area contributed by atoms with Crippen molar-refractivity contribution in [3.63, 3.8) is 0 Å². The van der Waals surface area contributed by atoms with Gasteiger partial charge in [-0.2, -0.15) is 5.10 Å². The lowest BCUT2D eigenvalue weighted by Crippen LogP contribution is -2.54. The highest BCUT2D eigenvalue weighted by atomic mass is 35.5. The van der Waals surface area contributed by atoms with Crippen molar-refractivity contribution < 1.29 is 9.90 Å². The van der Waals surface area contributed by atoms with Crippen LogP contribution >= 0.6 is 23.2 Å². The van der Waals surface area contributed by atoms with Gasteiger partial charge in [0, 0.05) is 36.2 Å². The van der Waals surface area contributed by atoms with Gasteiger partial charge in [-0.25, -0.2) is 14.6 Å². The molecule has 0 saturated carbocycles. The molecule has 1 aromatic carbocycles. The molecule has 4 heterocycles. The number of carboxylic acids is 1. The van der Waals surface area contributed by atoms with Gasteiger partial charge >= 0.3 is 5.97 Å². The van der Waals surface area contributed by atoms with Crippen LogP contribution in [-0.4, -0.2) is 68.4 Å². The van der Waals surface area contributed by atoms with E-state index in [1.165, 1.54) is 6.42 Å². The van der Waals surface area contributed by atoms with Crippen molar-refractivity contribution in [2.45, 2.75) is 39.2 Å². The second-order valence-corrected chi connectivity index (χ2v) is 10.6. The summed E-state index contributed by atoms with van der Waals surface area (Å²) in [6.45, 7) is 8.52. The fraction of sp³-hybridized carbons (Fsp3) is 0.520. The number of hydrogen-bond acceptors (Lipinski definition) is 6. The number of aryl methyl sites for hydroxylation is 1. The Bertz CT molecular complexity index is 1240. The molecule has 0 bridgehead atoms. The SMILES string of the molecule is Cc1nn([C@H](C)c2ccc(Cl)cc2Cl)c2nc(N3CC([C@H]4CCCN(CCC(=O)O)C4)C3)cnc12.